The van der Waals surface area contributed by atoms with Gasteiger partial charge in [0, 0.05) is 25.0 Å². The second-order valence-corrected chi connectivity index (χ2v) is 10.8. The number of allylic oxidation sites excluding steroid dienone is 3. The number of fused-ring (bicyclic) bond motifs is 5. The fourth-order valence-electron chi connectivity index (χ4n) is 7.72. The standard InChI is InChI=1S/C27H37N3O/c1-4-29-25(31)30-20-11-13-26(2)19(16-20)7-8-21-23-10-9-22(18-6-5-15-28-17-18)27(23,3)14-12-24(21)26/h5-7,9,15,17,20-21,23-24H,4,8,10-14,16H2,1-3H3,(H2,29,30,31). The number of hydrogen-bond acceptors (Lipinski definition) is 2. The molecule has 1 heterocycles. The van der Waals surface area contributed by atoms with Crippen LogP contribution in [0.15, 0.2) is 42.3 Å². The van der Waals surface area contributed by atoms with Gasteiger partial charge in [0.05, 0.1) is 0 Å². The summed E-state index contributed by atoms with van der Waals surface area (Å²) in [5.41, 5.74) is 5.06. The van der Waals surface area contributed by atoms with Crippen LogP contribution in [0.4, 0.5) is 4.79 Å². The molecule has 6 unspecified atom stereocenters. The predicted octanol–water partition coefficient (Wildman–Crippen LogP) is 5.73. The number of amides is 2. The molecule has 0 aliphatic heterocycles. The molecule has 0 saturated heterocycles. The molecule has 2 saturated carbocycles. The summed E-state index contributed by atoms with van der Waals surface area (Å²) in [4.78, 5) is 16.4. The van der Waals surface area contributed by atoms with Gasteiger partial charge in [-0.1, -0.05) is 37.6 Å². The van der Waals surface area contributed by atoms with Crippen molar-refractivity contribution in [3.8, 4) is 0 Å². The first-order valence-corrected chi connectivity index (χ1v) is 12.3. The molecule has 1 aromatic heterocycles. The maximum atomic E-state index is 12.0. The Morgan fingerprint density at radius 3 is 2.74 bits per heavy atom. The van der Waals surface area contributed by atoms with Gasteiger partial charge in [-0.2, -0.15) is 0 Å². The Morgan fingerprint density at radius 1 is 1.13 bits per heavy atom. The van der Waals surface area contributed by atoms with E-state index in [0.717, 1.165) is 30.6 Å². The lowest BCUT2D eigenvalue weighted by atomic mass is 9.47. The fraction of sp³-hybridized carbons (Fsp3) is 0.630. The first-order valence-electron chi connectivity index (χ1n) is 12.3. The first kappa shape index (κ1) is 20.8. The van der Waals surface area contributed by atoms with Crippen LogP contribution in [0.2, 0.25) is 0 Å². The summed E-state index contributed by atoms with van der Waals surface area (Å²) in [6.07, 6.45) is 17.4. The largest absolute Gasteiger partial charge is 0.338 e. The highest BCUT2D eigenvalue weighted by molar-refractivity contribution is 5.74. The van der Waals surface area contributed by atoms with E-state index in [1.165, 1.54) is 37.7 Å². The molecule has 0 spiro atoms. The maximum Gasteiger partial charge on any atom is 0.315 e. The van der Waals surface area contributed by atoms with Crippen molar-refractivity contribution in [1.82, 2.24) is 15.6 Å². The van der Waals surface area contributed by atoms with Crippen LogP contribution in [0.25, 0.3) is 5.57 Å². The number of nitrogens with zero attached hydrogens (tertiary/aromatic N) is 1. The van der Waals surface area contributed by atoms with Gasteiger partial charge in [0.1, 0.15) is 0 Å². The molecule has 4 heteroatoms. The topological polar surface area (TPSA) is 54.0 Å². The summed E-state index contributed by atoms with van der Waals surface area (Å²) < 4.78 is 0. The number of nitrogens with one attached hydrogen (secondary N) is 2. The molecule has 1 aromatic rings. The van der Waals surface area contributed by atoms with Gasteiger partial charge in [-0.3, -0.25) is 4.98 Å². The molecule has 2 amide bonds. The molecule has 5 rings (SSSR count). The normalized spacial score (nSPS) is 38.8. The molecule has 0 bridgehead atoms. The Bertz CT molecular complexity index is 906. The third-order valence-electron chi connectivity index (χ3n) is 9.33. The molecule has 4 nitrogen and oxygen atoms in total. The lowest BCUT2D eigenvalue weighted by Gasteiger charge is -2.58. The minimum atomic E-state index is -0.0150. The van der Waals surface area contributed by atoms with Crippen LogP contribution >= 0.6 is 0 Å². The van der Waals surface area contributed by atoms with Crippen LogP contribution in [0.5, 0.6) is 0 Å². The third kappa shape index (κ3) is 3.34. The summed E-state index contributed by atoms with van der Waals surface area (Å²) in [6.45, 7) is 7.70. The molecule has 2 fully saturated rings. The van der Waals surface area contributed by atoms with Gasteiger partial charge in [0.15, 0.2) is 0 Å². The summed E-state index contributed by atoms with van der Waals surface area (Å²) in [7, 11) is 0. The van der Waals surface area contributed by atoms with Gasteiger partial charge >= 0.3 is 6.03 Å². The fourth-order valence-corrected chi connectivity index (χ4v) is 7.72. The van der Waals surface area contributed by atoms with E-state index in [1.807, 2.05) is 13.1 Å². The Balaban J connectivity index is 1.35. The van der Waals surface area contributed by atoms with Crippen molar-refractivity contribution >= 4 is 11.6 Å². The summed E-state index contributed by atoms with van der Waals surface area (Å²) in [5, 5.41) is 6.09. The van der Waals surface area contributed by atoms with Gasteiger partial charge in [-0.05, 0) is 97.7 Å². The number of carbonyl (C=O) groups excluding carboxylic acids is 1. The minimum Gasteiger partial charge on any atom is -0.338 e. The zero-order valence-electron chi connectivity index (χ0n) is 19.3. The average molecular weight is 420 g/mol. The van der Waals surface area contributed by atoms with Gasteiger partial charge in [-0.25, -0.2) is 4.79 Å². The van der Waals surface area contributed by atoms with E-state index < -0.39 is 0 Å². The van der Waals surface area contributed by atoms with Crippen molar-refractivity contribution in [2.24, 2.45) is 28.6 Å². The van der Waals surface area contributed by atoms with E-state index in [4.69, 9.17) is 0 Å². The van der Waals surface area contributed by atoms with Crippen LogP contribution in [0.1, 0.15) is 71.3 Å². The van der Waals surface area contributed by atoms with Gasteiger partial charge in [0.25, 0.3) is 0 Å². The van der Waals surface area contributed by atoms with Gasteiger partial charge < -0.3 is 10.6 Å². The number of aromatic nitrogens is 1. The molecule has 4 aliphatic rings. The van der Waals surface area contributed by atoms with E-state index >= 15 is 0 Å². The zero-order valence-corrected chi connectivity index (χ0v) is 19.3. The first-order chi connectivity index (χ1) is 15.0. The number of pyridine rings is 1. The highest BCUT2D eigenvalue weighted by atomic mass is 16.2. The number of hydrogen-bond donors (Lipinski definition) is 2. The lowest BCUT2D eigenvalue weighted by molar-refractivity contribution is -0.0121. The van der Waals surface area contributed by atoms with Gasteiger partial charge in [0.2, 0.25) is 0 Å². The second kappa shape index (κ2) is 7.79. The average Bonchev–Trinajstić information content (AvgIpc) is 3.12. The quantitative estimate of drug-likeness (QED) is 0.615. The number of urea groups is 1. The van der Waals surface area contributed by atoms with Crippen LogP contribution < -0.4 is 10.6 Å². The Hall–Kier alpha value is -2.10. The van der Waals surface area contributed by atoms with Crippen LogP contribution in [0, 0.1) is 28.6 Å². The number of rotatable bonds is 3. The molecule has 166 valence electrons. The highest BCUT2D eigenvalue weighted by Gasteiger charge is 2.56. The molecular formula is C27H37N3O. The molecule has 4 aliphatic carbocycles. The van der Waals surface area contributed by atoms with Crippen LogP contribution in [0.3, 0.4) is 0 Å². The number of carbonyl (C=O) groups is 1. The molecule has 2 N–H and O–H groups in total. The lowest BCUT2D eigenvalue weighted by Crippen LogP contribution is -2.52. The van der Waals surface area contributed by atoms with E-state index in [1.54, 1.807) is 11.1 Å². The van der Waals surface area contributed by atoms with Crippen molar-refractivity contribution in [2.45, 2.75) is 71.8 Å². The van der Waals surface area contributed by atoms with Crippen molar-refractivity contribution in [2.75, 3.05) is 6.54 Å². The van der Waals surface area contributed by atoms with E-state index in [0.29, 0.717) is 12.0 Å². The zero-order chi connectivity index (χ0) is 21.6. The van der Waals surface area contributed by atoms with Gasteiger partial charge in [-0.15, -0.1) is 0 Å². The molecule has 0 radical (unpaired) electrons. The summed E-state index contributed by atoms with van der Waals surface area (Å²) >= 11 is 0. The van der Waals surface area contributed by atoms with E-state index in [-0.39, 0.29) is 17.5 Å². The predicted molar refractivity (Wildman–Crippen MR) is 125 cm³/mol. The summed E-state index contributed by atoms with van der Waals surface area (Å²) in [5.74, 6) is 2.28. The smallest absolute Gasteiger partial charge is 0.315 e. The minimum absolute atomic E-state index is 0.0150. The Kier molecular flexibility index (Phi) is 5.22. The summed E-state index contributed by atoms with van der Waals surface area (Å²) in [6, 6.07) is 4.57. The molecule has 31 heavy (non-hydrogen) atoms. The maximum absolute atomic E-state index is 12.0. The monoisotopic (exact) mass is 419 g/mol. The Morgan fingerprint density at radius 2 is 1.97 bits per heavy atom. The van der Waals surface area contributed by atoms with Crippen LogP contribution in [-0.4, -0.2) is 23.6 Å². The van der Waals surface area contributed by atoms with Crippen molar-refractivity contribution in [1.29, 1.82) is 0 Å². The van der Waals surface area contributed by atoms with Crippen molar-refractivity contribution in [3.63, 3.8) is 0 Å². The Labute approximate surface area is 187 Å². The molecule has 0 aromatic carbocycles. The van der Waals surface area contributed by atoms with Crippen molar-refractivity contribution in [3.05, 3.63) is 47.8 Å². The highest BCUT2D eigenvalue weighted by Crippen LogP contribution is 2.66. The molecular weight excluding hydrogens is 382 g/mol. The molecule has 6 atom stereocenters. The van der Waals surface area contributed by atoms with Crippen LogP contribution in [-0.2, 0) is 0 Å². The SMILES string of the molecule is CCNC(=O)NC1CCC2(C)C(=CCC3C2CCC2(C)C(c4cccnc4)=CCC32)C1. The third-order valence-corrected chi connectivity index (χ3v) is 9.33. The van der Waals surface area contributed by atoms with E-state index in [2.05, 4.69) is 59.9 Å². The van der Waals surface area contributed by atoms with E-state index in [9.17, 15) is 4.79 Å². The van der Waals surface area contributed by atoms with Crippen molar-refractivity contribution < 1.29 is 4.79 Å². The second-order valence-electron chi connectivity index (χ2n) is 10.8.